The molecule has 0 aliphatic carbocycles. The number of amides is 1. The van der Waals surface area contributed by atoms with E-state index < -0.39 is 34.2 Å². The van der Waals surface area contributed by atoms with Gasteiger partial charge in [-0.2, -0.15) is 4.31 Å². The number of nitrogens with one attached hydrogen (secondary N) is 1. The third kappa shape index (κ3) is 4.73. The Bertz CT molecular complexity index is 936. The van der Waals surface area contributed by atoms with Crippen molar-refractivity contribution in [2.45, 2.75) is 43.6 Å². The zero-order valence-corrected chi connectivity index (χ0v) is 16.9. The van der Waals surface area contributed by atoms with Crippen molar-refractivity contribution in [2.75, 3.05) is 6.54 Å². The van der Waals surface area contributed by atoms with E-state index in [1.54, 1.807) is 44.4 Å². The number of hydroxylamine groups is 1. The van der Waals surface area contributed by atoms with Crippen LogP contribution in [0.5, 0.6) is 5.75 Å². The van der Waals surface area contributed by atoms with E-state index >= 15 is 0 Å². The number of carbonyl (C=O) groups excluding carboxylic acids is 1. The van der Waals surface area contributed by atoms with E-state index in [1.165, 1.54) is 17.6 Å². The fourth-order valence-corrected chi connectivity index (χ4v) is 4.96. The summed E-state index contributed by atoms with van der Waals surface area (Å²) in [6, 6.07) is 8.45. The van der Waals surface area contributed by atoms with Crippen molar-refractivity contribution in [2.24, 2.45) is 0 Å². The zero-order valence-electron chi connectivity index (χ0n) is 16.1. The molecule has 156 valence electrons. The molecule has 1 unspecified atom stereocenters. The summed E-state index contributed by atoms with van der Waals surface area (Å²) in [6.07, 6.45) is 2.24. The number of rotatable bonds is 6. The predicted molar refractivity (Wildman–Crippen MR) is 103 cm³/mol. The van der Waals surface area contributed by atoms with Gasteiger partial charge in [-0.25, -0.2) is 13.9 Å². The highest BCUT2D eigenvalue weighted by Gasteiger charge is 2.44. The fraction of sp³-hybridized carbons (Fsp3) is 0.368. The molecule has 1 fully saturated rings. The average Bonchev–Trinajstić information content (AvgIpc) is 2.72. The highest BCUT2D eigenvalue weighted by Crippen LogP contribution is 2.27. The summed E-state index contributed by atoms with van der Waals surface area (Å²) < 4.78 is 38.6. The molecule has 0 saturated carbocycles. The van der Waals surface area contributed by atoms with Gasteiger partial charge in [0.05, 0.1) is 17.1 Å². The van der Waals surface area contributed by atoms with E-state index in [4.69, 9.17) is 14.7 Å². The number of hydrogen-bond acceptors (Lipinski definition) is 7. The summed E-state index contributed by atoms with van der Waals surface area (Å²) in [6.45, 7) is 3.61. The second-order valence-electron chi connectivity index (χ2n) is 6.77. The van der Waals surface area contributed by atoms with Crippen LogP contribution in [-0.4, -0.2) is 53.6 Å². The maximum Gasteiger partial charge on any atom is 0.264 e. The minimum absolute atomic E-state index is 0.00990. The molecule has 9 nitrogen and oxygen atoms in total. The van der Waals surface area contributed by atoms with E-state index in [-0.39, 0.29) is 11.4 Å². The van der Waals surface area contributed by atoms with Crippen molar-refractivity contribution in [3.8, 4) is 5.75 Å². The number of carbonyl (C=O) groups is 1. The molecule has 2 heterocycles. The average molecular weight is 421 g/mol. The molecule has 1 aromatic heterocycles. The summed E-state index contributed by atoms with van der Waals surface area (Å²) in [5, 5.41) is 9.02. The first-order valence-electron chi connectivity index (χ1n) is 9.06. The molecule has 10 heteroatoms. The normalized spacial score (nSPS) is 22.8. The zero-order chi connectivity index (χ0) is 21.0. The maximum absolute atomic E-state index is 13.2. The number of ether oxygens (including phenoxy) is 2. The molecule has 1 aliphatic heterocycles. The SMILES string of the molecule is CC1O[C@@H](C)CN(S(=O)(=O)c2ccc(OCc3cccnc3)cc2)[C@H]1C(=O)NO. The molecule has 2 aromatic rings. The number of benzene rings is 1. The molecule has 3 atom stereocenters. The quantitative estimate of drug-likeness (QED) is 0.534. The molecule has 1 amide bonds. The standard InChI is InChI=1S/C19H23N3O6S/c1-13-11-22(18(14(2)28-13)19(23)21-24)29(25,26)17-7-5-16(6-8-17)27-12-15-4-3-9-20-10-15/h3-10,13-14,18,24H,11-12H2,1-2H3,(H,21,23)/t13-,14?,18+/m0/s1. The van der Waals surface area contributed by atoms with Crippen molar-refractivity contribution in [3.63, 3.8) is 0 Å². The molecule has 0 spiro atoms. The number of nitrogens with zero attached hydrogens (tertiary/aromatic N) is 2. The summed E-state index contributed by atoms with van der Waals surface area (Å²) >= 11 is 0. The van der Waals surface area contributed by atoms with E-state index in [9.17, 15) is 13.2 Å². The first kappa shape index (κ1) is 21.2. The van der Waals surface area contributed by atoms with E-state index in [0.717, 1.165) is 9.87 Å². The van der Waals surface area contributed by atoms with Gasteiger partial charge < -0.3 is 9.47 Å². The molecular formula is C19H23N3O6S. The molecule has 29 heavy (non-hydrogen) atoms. The lowest BCUT2D eigenvalue weighted by Gasteiger charge is -2.40. The summed E-state index contributed by atoms with van der Waals surface area (Å²) in [7, 11) is -4.00. The Morgan fingerprint density at radius 1 is 1.31 bits per heavy atom. The molecule has 0 bridgehead atoms. The number of sulfonamides is 1. The number of aromatic nitrogens is 1. The Kier molecular flexibility index (Phi) is 6.48. The van der Waals surface area contributed by atoms with Crippen LogP contribution >= 0.6 is 0 Å². The molecule has 1 saturated heterocycles. The van der Waals surface area contributed by atoms with Crippen LogP contribution in [-0.2, 0) is 26.2 Å². The molecular weight excluding hydrogens is 398 g/mol. The third-order valence-corrected chi connectivity index (χ3v) is 6.44. The Morgan fingerprint density at radius 3 is 2.66 bits per heavy atom. The number of pyridine rings is 1. The predicted octanol–water partition coefficient (Wildman–Crippen LogP) is 1.33. The van der Waals surface area contributed by atoms with Crippen LogP contribution in [0.3, 0.4) is 0 Å². The van der Waals surface area contributed by atoms with Crippen molar-refractivity contribution in [3.05, 3.63) is 54.4 Å². The smallest absolute Gasteiger partial charge is 0.264 e. The second kappa shape index (κ2) is 8.87. The summed E-state index contributed by atoms with van der Waals surface area (Å²) in [5.41, 5.74) is 2.41. The lowest BCUT2D eigenvalue weighted by molar-refractivity contribution is -0.146. The van der Waals surface area contributed by atoms with E-state index in [2.05, 4.69) is 4.98 Å². The van der Waals surface area contributed by atoms with Crippen LogP contribution < -0.4 is 10.2 Å². The second-order valence-corrected chi connectivity index (χ2v) is 8.66. The molecule has 3 rings (SSSR count). The topological polar surface area (TPSA) is 118 Å². The number of hydrogen-bond donors (Lipinski definition) is 2. The lowest BCUT2D eigenvalue weighted by atomic mass is 10.1. The van der Waals surface area contributed by atoms with Crippen LogP contribution in [0.15, 0.2) is 53.7 Å². The van der Waals surface area contributed by atoms with Crippen molar-refractivity contribution in [1.29, 1.82) is 0 Å². The van der Waals surface area contributed by atoms with E-state index in [1.807, 2.05) is 6.07 Å². The third-order valence-electron chi connectivity index (χ3n) is 4.58. The largest absolute Gasteiger partial charge is 0.489 e. The van der Waals surface area contributed by atoms with Crippen molar-refractivity contribution in [1.82, 2.24) is 14.8 Å². The van der Waals surface area contributed by atoms with Gasteiger partial charge in [-0.15, -0.1) is 0 Å². The highest BCUT2D eigenvalue weighted by molar-refractivity contribution is 7.89. The molecule has 1 aliphatic rings. The van der Waals surface area contributed by atoms with Gasteiger partial charge in [0.15, 0.2) is 0 Å². The van der Waals surface area contributed by atoms with Crippen LogP contribution in [0.4, 0.5) is 0 Å². The van der Waals surface area contributed by atoms with Gasteiger partial charge in [0.1, 0.15) is 18.4 Å². The monoisotopic (exact) mass is 421 g/mol. The van der Waals surface area contributed by atoms with Gasteiger partial charge >= 0.3 is 0 Å². The Balaban J connectivity index is 1.79. The van der Waals surface area contributed by atoms with Gasteiger partial charge in [-0.05, 0) is 44.2 Å². The van der Waals surface area contributed by atoms with Crippen LogP contribution in [0.2, 0.25) is 0 Å². The Hall–Kier alpha value is -2.53. The van der Waals surface area contributed by atoms with Gasteiger partial charge in [0, 0.05) is 24.5 Å². The van der Waals surface area contributed by atoms with Crippen molar-refractivity contribution >= 4 is 15.9 Å². The highest BCUT2D eigenvalue weighted by atomic mass is 32.2. The van der Waals surface area contributed by atoms with Crippen LogP contribution in [0.25, 0.3) is 0 Å². The lowest BCUT2D eigenvalue weighted by Crippen LogP contribution is -2.60. The molecule has 1 aromatic carbocycles. The van der Waals surface area contributed by atoms with Crippen LogP contribution in [0.1, 0.15) is 19.4 Å². The first-order valence-corrected chi connectivity index (χ1v) is 10.5. The fourth-order valence-electron chi connectivity index (χ4n) is 3.24. The summed E-state index contributed by atoms with van der Waals surface area (Å²) in [5.74, 6) is -0.342. The minimum atomic E-state index is -4.00. The molecule has 2 N–H and O–H groups in total. The van der Waals surface area contributed by atoms with Gasteiger partial charge in [0.25, 0.3) is 5.91 Å². The Morgan fingerprint density at radius 2 is 2.03 bits per heavy atom. The first-order chi connectivity index (χ1) is 13.8. The number of morpholine rings is 1. The van der Waals surface area contributed by atoms with Crippen LogP contribution in [0, 0.1) is 0 Å². The summed E-state index contributed by atoms with van der Waals surface area (Å²) in [4.78, 5) is 16.1. The molecule has 0 radical (unpaired) electrons. The van der Waals surface area contributed by atoms with Gasteiger partial charge in [-0.1, -0.05) is 6.07 Å². The van der Waals surface area contributed by atoms with Gasteiger partial charge in [-0.3, -0.25) is 15.0 Å². The van der Waals surface area contributed by atoms with Crippen molar-refractivity contribution < 1.29 is 27.9 Å². The minimum Gasteiger partial charge on any atom is -0.489 e. The van der Waals surface area contributed by atoms with Gasteiger partial charge in [0.2, 0.25) is 10.0 Å². The van der Waals surface area contributed by atoms with E-state index in [0.29, 0.717) is 12.4 Å². The maximum atomic E-state index is 13.2. The Labute approximate surface area is 169 Å².